The highest BCUT2D eigenvalue weighted by atomic mass is 32.2. The molecule has 0 spiro atoms. The van der Waals surface area contributed by atoms with Gasteiger partial charge in [0, 0.05) is 0 Å². The van der Waals surface area contributed by atoms with E-state index in [0.29, 0.717) is 0 Å². The number of carbonyl (C=O) groups excluding carboxylic acids is 2. The molecule has 0 aromatic rings. The highest BCUT2D eigenvalue weighted by Gasteiger charge is 2.65. The number of fused-ring (bicyclic) bond motifs is 1. The molecule has 12 heteroatoms. The molecule has 3 heterocycles. The molecule has 0 radical (unpaired) electrons. The fraction of sp³-hybridized carbons (Fsp3) is 0.667. The van der Waals surface area contributed by atoms with Crippen LogP contribution in [-0.4, -0.2) is 62.6 Å². The molecule has 2 bridgehead atoms. The average Bonchev–Trinajstić information content (AvgIpc) is 3.07. The van der Waals surface area contributed by atoms with E-state index in [1.165, 1.54) is 0 Å². The van der Waals surface area contributed by atoms with Crippen LogP contribution < -0.4 is 10.0 Å². The Morgan fingerprint density at radius 1 is 1.38 bits per heavy atom. The predicted octanol–water partition coefficient (Wildman–Crippen LogP) is -1.03. The number of esters is 1. The van der Waals surface area contributed by atoms with Crippen molar-refractivity contribution in [2.24, 2.45) is 0 Å². The Balaban J connectivity index is 1.54. The van der Waals surface area contributed by atoms with Crippen molar-refractivity contribution in [1.82, 2.24) is 10.0 Å². The van der Waals surface area contributed by atoms with Crippen molar-refractivity contribution in [2.75, 3.05) is 6.54 Å². The number of halogens is 3. The molecule has 24 heavy (non-hydrogen) atoms. The Bertz CT molecular complexity index is 706. The van der Waals surface area contributed by atoms with Gasteiger partial charge in [-0.2, -0.15) is 13.2 Å². The first-order chi connectivity index (χ1) is 11.0. The topological polar surface area (TPSA) is 111 Å². The van der Waals surface area contributed by atoms with Gasteiger partial charge < -0.3 is 14.8 Å². The third-order valence-corrected chi connectivity index (χ3v) is 6.07. The van der Waals surface area contributed by atoms with E-state index in [1.807, 2.05) is 0 Å². The minimum Gasteiger partial charge on any atom is -0.456 e. The molecule has 5 unspecified atom stereocenters. The summed E-state index contributed by atoms with van der Waals surface area (Å²) in [5.74, 6) is -2.53. The lowest BCUT2D eigenvalue weighted by atomic mass is 9.93. The summed E-state index contributed by atoms with van der Waals surface area (Å²) in [6.07, 6.45) is -6.81. The Morgan fingerprint density at radius 2 is 2.04 bits per heavy atom. The van der Waals surface area contributed by atoms with Gasteiger partial charge in [-0.1, -0.05) is 6.58 Å². The summed E-state index contributed by atoms with van der Waals surface area (Å²) in [6, 6.07) is -0.719. The van der Waals surface area contributed by atoms with Gasteiger partial charge in [0.1, 0.15) is 23.5 Å². The minimum atomic E-state index is -4.90. The number of carbonyl (C=O) groups is 2. The van der Waals surface area contributed by atoms with Gasteiger partial charge in [-0.25, -0.2) is 13.1 Å². The second kappa shape index (κ2) is 5.43. The molecule has 3 aliphatic heterocycles. The number of rotatable bonds is 4. The largest absolute Gasteiger partial charge is 0.456 e. The zero-order valence-corrected chi connectivity index (χ0v) is 12.8. The molecular weight excluding hydrogens is 357 g/mol. The summed E-state index contributed by atoms with van der Waals surface area (Å²) in [4.78, 5) is 22.9. The Morgan fingerprint density at radius 3 is 2.67 bits per heavy atom. The van der Waals surface area contributed by atoms with E-state index < -0.39 is 69.8 Å². The summed E-state index contributed by atoms with van der Waals surface area (Å²) in [7, 11) is -3.53. The van der Waals surface area contributed by atoms with Crippen molar-refractivity contribution in [3.05, 3.63) is 12.2 Å². The quantitative estimate of drug-likeness (QED) is 0.484. The van der Waals surface area contributed by atoms with E-state index in [1.54, 1.807) is 5.32 Å². The van der Waals surface area contributed by atoms with E-state index in [0.717, 1.165) is 0 Å². The van der Waals surface area contributed by atoms with Gasteiger partial charge in [-0.15, -0.1) is 0 Å². The average molecular weight is 370 g/mol. The fourth-order valence-corrected chi connectivity index (χ4v) is 4.95. The Kier molecular flexibility index (Phi) is 3.88. The number of alkyl halides is 3. The lowest BCUT2D eigenvalue weighted by molar-refractivity contribution is -0.152. The first kappa shape index (κ1) is 17.2. The molecule has 0 saturated carbocycles. The van der Waals surface area contributed by atoms with Gasteiger partial charge >= 0.3 is 12.1 Å². The summed E-state index contributed by atoms with van der Waals surface area (Å²) < 4.78 is 73.3. The molecule has 3 aliphatic rings. The van der Waals surface area contributed by atoms with Crippen molar-refractivity contribution in [1.29, 1.82) is 0 Å². The molecule has 0 aliphatic carbocycles. The molecule has 8 nitrogen and oxygen atoms in total. The zero-order valence-electron chi connectivity index (χ0n) is 12.0. The van der Waals surface area contributed by atoms with Crippen LogP contribution in [0.1, 0.15) is 6.42 Å². The number of hydrogen-bond acceptors (Lipinski definition) is 6. The van der Waals surface area contributed by atoms with Crippen LogP contribution in [0.4, 0.5) is 13.2 Å². The van der Waals surface area contributed by atoms with Crippen molar-refractivity contribution in [2.45, 2.75) is 42.2 Å². The van der Waals surface area contributed by atoms with E-state index >= 15 is 0 Å². The highest BCUT2D eigenvalue weighted by Crippen LogP contribution is 2.44. The molecule has 1 amide bonds. The van der Waals surface area contributed by atoms with E-state index in [2.05, 4.69) is 11.3 Å². The Hall–Kier alpha value is -1.66. The first-order valence-corrected chi connectivity index (χ1v) is 8.46. The number of ether oxygens (including phenoxy) is 2. The van der Waals surface area contributed by atoms with Crippen molar-refractivity contribution >= 4 is 21.9 Å². The minimum absolute atomic E-state index is 0.172. The summed E-state index contributed by atoms with van der Waals surface area (Å²) >= 11 is 0. The van der Waals surface area contributed by atoms with Crippen LogP contribution in [0.3, 0.4) is 0 Å². The van der Waals surface area contributed by atoms with Crippen LogP contribution in [0.15, 0.2) is 12.2 Å². The monoisotopic (exact) mass is 370 g/mol. The van der Waals surface area contributed by atoms with Gasteiger partial charge in [0.2, 0.25) is 10.0 Å². The normalized spacial score (nSPS) is 35.7. The van der Waals surface area contributed by atoms with E-state index in [-0.39, 0.29) is 6.42 Å². The summed E-state index contributed by atoms with van der Waals surface area (Å²) in [5.41, 5.74) is -1.63. The van der Waals surface area contributed by atoms with Gasteiger partial charge in [0.25, 0.3) is 5.91 Å². The van der Waals surface area contributed by atoms with Crippen molar-refractivity contribution < 1.29 is 40.7 Å². The van der Waals surface area contributed by atoms with Crippen LogP contribution in [0, 0.1) is 0 Å². The fourth-order valence-electron chi connectivity index (χ4n) is 3.10. The van der Waals surface area contributed by atoms with Crippen molar-refractivity contribution in [3.8, 4) is 0 Å². The summed E-state index contributed by atoms with van der Waals surface area (Å²) in [5, 5.41) is 1.07. The Labute approximate surface area is 134 Å². The highest BCUT2D eigenvalue weighted by molar-refractivity contribution is 7.90. The maximum atomic E-state index is 12.3. The lowest BCUT2D eigenvalue weighted by Crippen LogP contribution is -2.46. The standard InChI is InChI=1S/C12H13F3N2O6S/c1-4(12(13,14)15)11(19)16-3-7(18)23-9-5-2-6-10(22-5)8(9)17-24(6,20)21/h5-6,8-10,17H,1-3H2,(H,16,19). The zero-order chi connectivity index (χ0) is 17.9. The van der Waals surface area contributed by atoms with Crippen LogP contribution in [-0.2, 0) is 29.1 Å². The predicted molar refractivity (Wildman–Crippen MR) is 71.0 cm³/mol. The number of nitrogens with one attached hydrogen (secondary N) is 2. The molecule has 134 valence electrons. The smallest absolute Gasteiger partial charge is 0.421 e. The molecule has 3 saturated heterocycles. The molecule has 5 atom stereocenters. The van der Waals surface area contributed by atoms with Crippen LogP contribution >= 0.6 is 0 Å². The second-order valence-electron chi connectivity index (χ2n) is 5.72. The number of hydrogen-bond donors (Lipinski definition) is 2. The van der Waals surface area contributed by atoms with Crippen LogP contribution in [0.25, 0.3) is 0 Å². The number of sulfonamides is 1. The third-order valence-electron chi connectivity index (χ3n) is 4.21. The molecule has 3 fully saturated rings. The van der Waals surface area contributed by atoms with Crippen molar-refractivity contribution in [3.63, 3.8) is 0 Å². The first-order valence-electron chi connectivity index (χ1n) is 6.91. The maximum Gasteiger partial charge on any atom is 0.421 e. The second-order valence-corrected chi connectivity index (χ2v) is 7.65. The van der Waals surface area contributed by atoms with Gasteiger partial charge in [0.15, 0.2) is 0 Å². The van der Waals surface area contributed by atoms with E-state index in [4.69, 9.17) is 9.47 Å². The SMILES string of the molecule is C=C(C(=O)NCC(=O)OC1C2CC3C(O2)C1NS3(=O)=O)C(F)(F)F. The maximum absolute atomic E-state index is 12.3. The van der Waals surface area contributed by atoms with E-state index in [9.17, 15) is 31.2 Å². The molecule has 0 aromatic heterocycles. The number of amides is 1. The molecule has 3 rings (SSSR count). The van der Waals surface area contributed by atoms with Crippen LogP contribution in [0.2, 0.25) is 0 Å². The molecular formula is C12H13F3N2O6S. The molecule has 0 aromatic carbocycles. The van der Waals surface area contributed by atoms with Gasteiger partial charge in [-0.05, 0) is 6.42 Å². The van der Waals surface area contributed by atoms with Crippen LogP contribution in [0.5, 0.6) is 0 Å². The van der Waals surface area contributed by atoms with Gasteiger partial charge in [0.05, 0.1) is 18.2 Å². The third kappa shape index (κ3) is 2.78. The summed E-state index contributed by atoms with van der Waals surface area (Å²) in [6.45, 7) is 1.80. The molecule has 2 N–H and O–H groups in total. The van der Waals surface area contributed by atoms with Gasteiger partial charge in [-0.3, -0.25) is 9.59 Å². The lowest BCUT2D eigenvalue weighted by Gasteiger charge is -2.23.